The molecule has 1 aromatic carbocycles. The second-order valence-corrected chi connectivity index (χ2v) is 3.18. The Morgan fingerprint density at radius 2 is 1.76 bits per heavy atom. The van der Waals surface area contributed by atoms with E-state index >= 15 is 0 Å². The highest BCUT2D eigenvalue weighted by molar-refractivity contribution is 5.85. The van der Waals surface area contributed by atoms with Gasteiger partial charge in [-0.25, -0.2) is 0 Å². The number of nitrogens with one attached hydrogen (secondary N) is 1. The zero-order valence-corrected chi connectivity index (χ0v) is 9.57. The molecule has 3 N–H and O–H groups in total. The van der Waals surface area contributed by atoms with E-state index in [2.05, 4.69) is 5.32 Å². The predicted octanol–water partition coefficient (Wildman–Crippen LogP) is 1.70. The van der Waals surface area contributed by atoms with E-state index in [1.54, 1.807) is 0 Å². The zero-order chi connectivity index (χ0) is 12.2. The largest absolute Gasteiger partial charge is 0.416 e. The van der Waals surface area contributed by atoms with Crippen LogP contribution >= 0.6 is 12.4 Å². The van der Waals surface area contributed by atoms with Gasteiger partial charge in [-0.15, -0.1) is 12.4 Å². The highest BCUT2D eigenvalue weighted by atomic mass is 35.5. The minimum absolute atomic E-state index is 0. The quantitative estimate of drug-likeness (QED) is 0.877. The third kappa shape index (κ3) is 5.06. The van der Waals surface area contributed by atoms with Gasteiger partial charge in [0.25, 0.3) is 0 Å². The molecule has 0 unspecified atom stereocenters. The molecule has 0 bridgehead atoms. The van der Waals surface area contributed by atoms with Crippen LogP contribution in [-0.2, 0) is 17.5 Å². The summed E-state index contributed by atoms with van der Waals surface area (Å²) < 4.78 is 36.6. The van der Waals surface area contributed by atoms with Gasteiger partial charge >= 0.3 is 6.18 Å². The van der Waals surface area contributed by atoms with Crippen molar-refractivity contribution in [3.63, 3.8) is 0 Å². The fourth-order valence-electron chi connectivity index (χ4n) is 1.08. The normalized spacial score (nSPS) is 10.6. The number of hydrogen-bond donors (Lipinski definition) is 2. The monoisotopic (exact) mass is 268 g/mol. The standard InChI is InChI=1S/C10H11F3N2O.ClH/c11-10(12,13)8-3-1-7(2-4-8)6-15-9(16)5-14;/h1-4H,5-6,14H2,(H,15,16);1H. The van der Waals surface area contributed by atoms with E-state index in [-0.39, 0.29) is 31.4 Å². The number of rotatable bonds is 3. The van der Waals surface area contributed by atoms with Crippen molar-refractivity contribution in [2.45, 2.75) is 12.7 Å². The first-order chi connectivity index (χ1) is 7.43. The Morgan fingerprint density at radius 3 is 2.18 bits per heavy atom. The number of amides is 1. The molecule has 0 heterocycles. The Bertz CT molecular complexity index is 365. The number of benzene rings is 1. The van der Waals surface area contributed by atoms with Crippen LogP contribution in [0.15, 0.2) is 24.3 Å². The summed E-state index contributed by atoms with van der Waals surface area (Å²) in [6.07, 6.45) is -4.33. The second kappa shape index (κ2) is 6.46. The van der Waals surface area contributed by atoms with E-state index in [1.807, 2.05) is 0 Å². The molecule has 0 radical (unpaired) electrons. The highest BCUT2D eigenvalue weighted by Gasteiger charge is 2.29. The van der Waals surface area contributed by atoms with Crippen molar-refractivity contribution in [2.75, 3.05) is 6.54 Å². The van der Waals surface area contributed by atoms with E-state index < -0.39 is 11.7 Å². The van der Waals surface area contributed by atoms with Crippen LogP contribution in [0.25, 0.3) is 0 Å². The summed E-state index contributed by atoms with van der Waals surface area (Å²) in [6, 6.07) is 4.59. The van der Waals surface area contributed by atoms with Crippen LogP contribution in [0.5, 0.6) is 0 Å². The average Bonchev–Trinajstić information content (AvgIpc) is 2.25. The number of carbonyl (C=O) groups is 1. The number of carbonyl (C=O) groups excluding carboxylic acids is 1. The maximum atomic E-state index is 12.2. The smallest absolute Gasteiger partial charge is 0.351 e. The Hall–Kier alpha value is -1.27. The van der Waals surface area contributed by atoms with Crippen LogP contribution in [0.4, 0.5) is 13.2 Å². The Balaban J connectivity index is 0.00000256. The minimum atomic E-state index is -4.33. The molecule has 1 rings (SSSR count). The topological polar surface area (TPSA) is 55.1 Å². The van der Waals surface area contributed by atoms with Crippen LogP contribution in [-0.4, -0.2) is 12.5 Å². The molecule has 7 heteroatoms. The SMILES string of the molecule is Cl.NCC(=O)NCc1ccc(C(F)(F)F)cc1. The lowest BCUT2D eigenvalue weighted by Crippen LogP contribution is -2.29. The Morgan fingerprint density at radius 1 is 1.24 bits per heavy atom. The maximum absolute atomic E-state index is 12.2. The Kier molecular flexibility index (Phi) is 5.98. The van der Waals surface area contributed by atoms with Crippen molar-refractivity contribution < 1.29 is 18.0 Å². The van der Waals surface area contributed by atoms with Crippen molar-refractivity contribution in [1.82, 2.24) is 5.32 Å². The summed E-state index contributed by atoms with van der Waals surface area (Å²) in [4.78, 5) is 10.8. The highest BCUT2D eigenvalue weighted by Crippen LogP contribution is 2.28. The number of alkyl halides is 3. The van der Waals surface area contributed by atoms with Crippen LogP contribution in [0.1, 0.15) is 11.1 Å². The molecule has 0 spiro atoms. The molecule has 0 saturated heterocycles. The van der Waals surface area contributed by atoms with Crippen LogP contribution in [0.2, 0.25) is 0 Å². The fraction of sp³-hybridized carbons (Fsp3) is 0.300. The first kappa shape index (κ1) is 15.7. The molecular formula is C10H12ClF3N2O. The Labute approximate surface area is 103 Å². The van der Waals surface area contributed by atoms with Gasteiger partial charge in [-0.2, -0.15) is 13.2 Å². The summed E-state index contributed by atoms with van der Waals surface area (Å²) in [5.41, 5.74) is 4.94. The minimum Gasteiger partial charge on any atom is -0.351 e. The number of nitrogens with two attached hydrogens (primary N) is 1. The van der Waals surface area contributed by atoms with E-state index in [4.69, 9.17) is 5.73 Å². The van der Waals surface area contributed by atoms with Crippen LogP contribution in [0, 0.1) is 0 Å². The van der Waals surface area contributed by atoms with Gasteiger partial charge in [0.2, 0.25) is 5.91 Å². The van der Waals surface area contributed by atoms with Crippen molar-refractivity contribution >= 4 is 18.3 Å². The fourth-order valence-corrected chi connectivity index (χ4v) is 1.08. The van der Waals surface area contributed by atoms with E-state index in [9.17, 15) is 18.0 Å². The van der Waals surface area contributed by atoms with Gasteiger partial charge in [-0.3, -0.25) is 4.79 Å². The molecular weight excluding hydrogens is 257 g/mol. The molecule has 0 atom stereocenters. The van der Waals surface area contributed by atoms with E-state index in [0.717, 1.165) is 12.1 Å². The molecule has 0 aliphatic carbocycles. The van der Waals surface area contributed by atoms with Gasteiger partial charge in [0.15, 0.2) is 0 Å². The van der Waals surface area contributed by atoms with Gasteiger partial charge in [-0.1, -0.05) is 12.1 Å². The lowest BCUT2D eigenvalue weighted by molar-refractivity contribution is -0.137. The molecule has 0 aliphatic rings. The molecule has 96 valence electrons. The van der Waals surface area contributed by atoms with Gasteiger partial charge in [0, 0.05) is 6.54 Å². The molecule has 1 aromatic rings. The lowest BCUT2D eigenvalue weighted by Gasteiger charge is -2.08. The summed E-state index contributed by atoms with van der Waals surface area (Å²) >= 11 is 0. The summed E-state index contributed by atoms with van der Waals surface area (Å²) in [5.74, 6) is -0.347. The molecule has 0 aliphatic heterocycles. The zero-order valence-electron chi connectivity index (χ0n) is 8.75. The molecule has 17 heavy (non-hydrogen) atoms. The van der Waals surface area contributed by atoms with Gasteiger partial charge < -0.3 is 11.1 Å². The molecule has 0 aromatic heterocycles. The summed E-state index contributed by atoms with van der Waals surface area (Å²) in [7, 11) is 0. The van der Waals surface area contributed by atoms with Crippen LogP contribution in [0.3, 0.4) is 0 Å². The third-order valence-corrected chi connectivity index (χ3v) is 1.96. The molecule has 0 saturated carbocycles. The van der Waals surface area contributed by atoms with Crippen molar-refractivity contribution in [2.24, 2.45) is 5.73 Å². The predicted molar refractivity (Wildman–Crippen MR) is 59.6 cm³/mol. The second-order valence-electron chi connectivity index (χ2n) is 3.18. The maximum Gasteiger partial charge on any atom is 0.416 e. The third-order valence-electron chi connectivity index (χ3n) is 1.96. The van der Waals surface area contributed by atoms with Crippen molar-refractivity contribution in [3.8, 4) is 0 Å². The van der Waals surface area contributed by atoms with Gasteiger partial charge in [0.05, 0.1) is 12.1 Å². The first-order valence-corrected chi connectivity index (χ1v) is 4.56. The number of hydrogen-bond acceptors (Lipinski definition) is 2. The first-order valence-electron chi connectivity index (χ1n) is 4.56. The van der Waals surface area contributed by atoms with E-state index in [1.165, 1.54) is 12.1 Å². The van der Waals surface area contributed by atoms with Gasteiger partial charge in [0.1, 0.15) is 0 Å². The number of halogens is 4. The van der Waals surface area contributed by atoms with Crippen molar-refractivity contribution in [3.05, 3.63) is 35.4 Å². The summed E-state index contributed by atoms with van der Waals surface area (Å²) in [6.45, 7) is 0.0365. The molecule has 3 nitrogen and oxygen atoms in total. The van der Waals surface area contributed by atoms with Crippen LogP contribution < -0.4 is 11.1 Å². The molecule has 0 fully saturated rings. The average molecular weight is 269 g/mol. The van der Waals surface area contributed by atoms with Gasteiger partial charge in [-0.05, 0) is 17.7 Å². The summed E-state index contributed by atoms with van der Waals surface area (Å²) in [5, 5.41) is 2.46. The van der Waals surface area contributed by atoms with Crippen molar-refractivity contribution in [1.29, 1.82) is 0 Å². The molecule has 1 amide bonds. The van der Waals surface area contributed by atoms with E-state index in [0.29, 0.717) is 5.56 Å². The lowest BCUT2D eigenvalue weighted by atomic mass is 10.1.